The number of pyridine rings is 1. The molecule has 3 aromatic rings. The van der Waals surface area contributed by atoms with E-state index >= 15 is 0 Å². The lowest BCUT2D eigenvalue weighted by molar-refractivity contribution is -0.136. The molecule has 0 fully saturated rings. The summed E-state index contributed by atoms with van der Waals surface area (Å²) in [5.41, 5.74) is -0.198. The molecule has 0 aliphatic heterocycles. The van der Waals surface area contributed by atoms with Crippen LogP contribution in [0.5, 0.6) is 0 Å². The fraction of sp³-hybridized carbons (Fsp3) is 0.250. The molecule has 0 saturated heterocycles. The van der Waals surface area contributed by atoms with Crippen LogP contribution in [0, 0.1) is 13.8 Å². The number of sulfonamides is 1. The van der Waals surface area contributed by atoms with Crippen molar-refractivity contribution in [3.63, 3.8) is 0 Å². The maximum Gasteiger partial charge on any atom is 0.420 e. The van der Waals surface area contributed by atoms with E-state index < -0.39 is 27.4 Å². The number of aromatic nitrogens is 3. The van der Waals surface area contributed by atoms with E-state index in [2.05, 4.69) is 14.9 Å². The van der Waals surface area contributed by atoms with Gasteiger partial charge in [-0.15, -0.1) is 10.2 Å². The van der Waals surface area contributed by atoms with Crippen molar-refractivity contribution in [1.29, 1.82) is 0 Å². The van der Waals surface area contributed by atoms with E-state index in [1.807, 2.05) is 0 Å². The highest BCUT2D eigenvalue weighted by atomic mass is 35.5. The lowest BCUT2D eigenvalue weighted by atomic mass is 10.2. The molecule has 0 unspecified atom stereocenters. The molecule has 27 heavy (non-hydrogen) atoms. The zero-order valence-corrected chi connectivity index (χ0v) is 15.7. The van der Waals surface area contributed by atoms with Gasteiger partial charge in [-0.05, 0) is 37.1 Å². The Hall–Kier alpha value is -2.17. The Labute approximate surface area is 158 Å². The highest BCUT2D eigenvalue weighted by molar-refractivity contribution is 7.89. The van der Waals surface area contributed by atoms with Crippen LogP contribution in [0.1, 0.15) is 22.5 Å². The second kappa shape index (κ2) is 6.77. The van der Waals surface area contributed by atoms with Crippen LogP contribution in [0.3, 0.4) is 0 Å². The van der Waals surface area contributed by atoms with E-state index in [4.69, 9.17) is 11.6 Å². The highest BCUT2D eigenvalue weighted by Gasteiger charge is 2.35. The molecule has 0 spiro atoms. The average Bonchev–Trinajstić information content (AvgIpc) is 2.96. The van der Waals surface area contributed by atoms with Gasteiger partial charge in [-0.25, -0.2) is 13.1 Å². The van der Waals surface area contributed by atoms with Gasteiger partial charge in [0.2, 0.25) is 10.0 Å². The summed E-state index contributed by atoms with van der Waals surface area (Å²) in [5, 5.41) is 7.03. The average molecular weight is 419 g/mol. The molecule has 11 heteroatoms. The van der Waals surface area contributed by atoms with Crippen molar-refractivity contribution in [2.45, 2.75) is 31.5 Å². The number of hydrogen-bond donors (Lipinski definition) is 1. The Balaban J connectivity index is 1.96. The predicted molar refractivity (Wildman–Crippen MR) is 92.9 cm³/mol. The minimum atomic E-state index is -4.67. The molecule has 1 aromatic carbocycles. The number of nitrogens with one attached hydrogen (secondary N) is 1. The van der Waals surface area contributed by atoms with Crippen molar-refractivity contribution in [2.24, 2.45) is 0 Å². The van der Waals surface area contributed by atoms with E-state index in [9.17, 15) is 21.6 Å². The van der Waals surface area contributed by atoms with Crippen LogP contribution >= 0.6 is 11.6 Å². The molecular weight excluding hydrogens is 405 g/mol. The van der Waals surface area contributed by atoms with Gasteiger partial charge in [0.05, 0.1) is 16.5 Å². The van der Waals surface area contributed by atoms with Gasteiger partial charge in [0.15, 0.2) is 11.5 Å². The van der Waals surface area contributed by atoms with Crippen LogP contribution in [0.25, 0.3) is 5.65 Å². The van der Waals surface area contributed by atoms with Crippen molar-refractivity contribution >= 4 is 27.3 Å². The third-order valence-corrected chi connectivity index (χ3v) is 5.65. The van der Waals surface area contributed by atoms with Gasteiger partial charge in [0, 0.05) is 6.20 Å². The minimum absolute atomic E-state index is 0.0214. The van der Waals surface area contributed by atoms with Gasteiger partial charge in [-0.2, -0.15) is 13.2 Å². The Kier molecular flexibility index (Phi) is 4.91. The molecule has 0 aliphatic rings. The molecule has 0 saturated carbocycles. The first-order chi connectivity index (χ1) is 12.5. The Bertz CT molecular complexity index is 1130. The summed E-state index contributed by atoms with van der Waals surface area (Å²) < 4.78 is 67.9. The van der Waals surface area contributed by atoms with Gasteiger partial charge in [-0.3, -0.25) is 4.40 Å². The highest BCUT2D eigenvalue weighted by Crippen LogP contribution is 2.33. The number of aryl methyl sites for hydroxylation is 2. The van der Waals surface area contributed by atoms with Crippen LogP contribution in [0.2, 0.25) is 5.02 Å². The van der Waals surface area contributed by atoms with E-state index in [1.165, 1.54) is 12.3 Å². The van der Waals surface area contributed by atoms with E-state index in [0.717, 1.165) is 16.0 Å². The molecule has 6 nitrogen and oxygen atoms in total. The number of rotatable bonds is 4. The monoisotopic (exact) mass is 418 g/mol. The Morgan fingerprint density at radius 3 is 2.56 bits per heavy atom. The molecule has 0 aliphatic carbocycles. The molecule has 0 amide bonds. The van der Waals surface area contributed by atoms with E-state index in [-0.39, 0.29) is 22.3 Å². The van der Waals surface area contributed by atoms with Gasteiger partial charge >= 0.3 is 6.18 Å². The minimum Gasteiger partial charge on any atom is -0.283 e. The van der Waals surface area contributed by atoms with Crippen LogP contribution < -0.4 is 4.72 Å². The number of nitrogens with zero attached hydrogens (tertiary/aromatic N) is 3. The molecule has 3 rings (SSSR count). The molecule has 2 aromatic heterocycles. The molecule has 0 radical (unpaired) electrons. The fourth-order valence-electron chi connectivity index (χ4n) is 2.57. The van der Waals surface area contributed by atoms with Crippen LogP contribution in [-0.2, 0) is 22.7 Å². The maximum atomic E-state index is 13.1. The summed E-state index contributed by atoms with van der Waals surface area (Å²) in [6.45, 7) is 3.05. The Morgan fingerprint density at radius 2 is 1.89 bits per heavy atom. The fourth-order valence-corrected chi connectivity index (χ4v) is 4.08. The topological polar surface area (TPSA) is 76.4 Å². The van der Waals surface area contributed by atoms with Gasteiger partial charge < -0.3 is 0 Å². The molecule has 1 N–H and O–H groups in total. The normalized spacial score (nSPS) is 12.7. The number of halogens is 4. The Morgan fingerprint density at radius 1 is 1.19 bits per heavy atom. The summed E-state index contributed by atoms with van der Waals surface area (Å²) in [5.74, 6) is -0.0214. The summed E-state index contributed by atoms with van der Waals surface area (Å²) in [7, 11) is -3.89. The van der Waals surface area contributed by atoms with Crippen molar-refractivity contribution < 1.29 is 21.6 Å². The van der Waals surface area contributed by atoms with Crippen molar-refractivity contribution in [3.05, 3.63) is 58.0 Å². The van der Waals surface area contributed by atoms with Crippen molar-refractivity contribution in [1.82, 2.24) is 19.3 Å². The zero-order valence-electron chi connectivity index (χ0n) is 14.2. The van der Waals surface area contributed by atoms with Crippen molar-refractivity contribution in [2.75, 3.05) is 0 Å². The van der Waals surface area contributed by atoms with E-state index in [0.29, 0.717) is 5.56 Å². The molecule has 0 bridgehead atoms. The standard InChI is InChI=1S/C16H14ClF3N4O2S/c1-9-3-4-10(2)13(5-9)27(25,26)21-7-14-22-23-15-12(16(18,19)20)6-11(17)8-24(14)15/h3-6,8,21H,7H2,1-2H3. The van der Waals surface area contributed by atoms with E-state index in [1.54, 1.807) is 26.0 Å². The third-order valence-electron chi connectivity index (χ3n) is 3.90. The van der Waals surface area contributed by atoms with Gasteiger partial charge in [0.25, 0.3) is 0 Å². The lowest BCUT2D eigenvalue weighted by Crippen LogP contribution is -2.25. The quantitative estimate of drug-likeness (QED) is 0.703. The summed E-state index contributed by atoms with van der Waals surface area (Å²) in [6, 6.07) is 5.71. The number of benzene rings is 1. The van der Waals surface area contributed by atoms with Crippen LogP contribution in [0.15, 0.2) is 35.4 Å². The van der Waals surface area contributed by atoms with Crippen LogP contribution in [-0.4, -0.2) is 23.0 Å². The number of fused-ring (bicyclic) bond motifs is 1. The zero-order chi connectivity index (χ0) is 20.0. The predicted octanol–water partition coefficient (Wildman–Crippen LogP) is 3.50. The molecule has 0 atom stereocenters. The molecule has 2 heterocycles. The summed E-state index contributed by atoms with van der Waals surface area (Å²) in [6.07, 6.45) is -3.47. The second-order valence-electron chi connectivity index (χ2n) is 5.97. The second-order valence-corrected chi connectivity index (χ2v) is 8.14. The molecule has 144 valence electrons. The van der Waals surface area contributed by atoms with Gasteiger partial charge in [0.1, 0.15) is 5.56 Å². The number of hydrogen-bond acceptors (Lipinski definition) is 4. The first-order valence-corrected chi connectivity index (χ1v) is 9.52. The largest absolute Gasteiger partial charge is 0.420 e. The van der Waals surface area contributed by atoms with Gasteiger partial charge in [-0.1, -0.05) is 23.7 Å². The number of alkyl halides is 3. The third kappa shape index (κ3) is 3.92. The summed E-state index contributed by atoms with van der Waals surface area (Å²) >= 11 is 5.77. The maximum absolute atomic E-state index is 13.1. The lowest BCUT2D eigenvalue weighted by Gasteiger charge is -2.11. The smallest absolute Gasteiger partial charge is 0.283 e. The van der Waals surface area contributed by atoms with Crippen LogP contribution in [0.4, 0.5) is 13.2 Å². The first-order valence-electron chi connectivity index (χ1n) is 7.66. The molecular formula is C16H14ClF3N4O2S. The SMILES string of the molecule is Cc1ccc(C)c(S(=O)(=O)NCc2nnc3c(C(F)(F)F)cc(Cl)cn23)c1. The summed E-state index contributed by atoms with van der Waals surface area (Å²) in [4.78, 5) is 0.0883. The van der Waals surface area contributed by atoms with Crippen molar-refractivity contribution in [3.8, 4) is 0 Å². The first kappa shape index (κ1) is 19.6.